The van der Waals surface area contributed by atoms with Crippen LogP contribution in [0.1, 0.15) is 19.8 Å². The van der Waals surface area contributed by atoms with Crippen molar-refractivity contribution in [3.8, 4) is 5.75 Å². The van der Waals surface area contributed by atoms with Gasteiger partial charge in [-0.25, -0.2) is 4.39 Å². The molecule has 0 aliphatic carbocycles. The number of nitrogens with zero attached hydrogens (tertiary/aromatic N) is 1. The molecule has 1 heterocycles. The zero-order valence-electron chi connectivity index (χ0n) is 10.3. The number of hydrogen-bond donors (Lipinski definition) is 2. The number of anilines is 1. The third-order valence-corrected chi connectivity index (χ3v) is 3.26. The molecule has 2 N–H and O–H groups in total. The molecule has 0 spiro atoms. The normalized spacial score (nSPS) is 16.7. The molecular weight excluding hydrogens is 235 g/mol. The van der Waals surface area contributed by atoms with E-state index in [1.165, 1.54) is 12.1 Å². The average Bonchev–Trinajstić information content (AvgIpc) is 2.34. The van der Waals surface area contributed by atoms with Crippen molar-refractivity contribution in [1.29, 1.82) is 0 Å². The molecule has 98 valence electrons. The Morgan fingerprint density at radius 3 is 2.67 bits per heavy atom. The van der Waals surface area contributed by atoms with Gasteiger partial charge in [-0.15, -0.1) is 0 Å². The summed E-state index contributed by atoms with van der Waals surface area (Å²) in [5.41, 5.74) is 0.659. The second-order valence-corrected chi connectivity index (χ2v) is 4.59. The Balaban J connectivity index is 1.91. The Kier molecular flexibility index (Phi) is 3.69. The summed E-state index contributed by atoms with van der Waals surface area (Å²) >= 11 is 0. The first-order valence-electron chi connectivity index (χ1n) is 6.07. The topological polar surface area (TPSA) is 52.6 Å². The van der Waals surface area contributed by atoms with Gasteiger partial charge in [-0.2, -0.15) is 0 Å². The van der Waals surface area contributed by atoms with Crippen LogP contribution in [-0.4, -0.2) is 35.0 Å². The van der Waals surface area contributed by atoms with Gasteiger partial charge in [-0.05, 0) is 25.0 Å². The Morgan fingerprint density at radius 2 is 2.11 bits per heavy atom. The number of carbonyl (C=O) groups is 1. The Bertz CT molecular complexity index is 443. The minimum atomic E-state index is -0.624. The molecule has 1 aromatic rings. The summed E-state index contributed by atoms with van der Waals surface area (Å²) in [6, 6.07) is 4.51. The highest BCUT2D eigenvalue weighted by Gasteiger charge is 2.20. The summed E-state index contributed by atoms with van der Waals surface area (Å²) in [6.07, 6.45) is 1.70. The lowest BCUT2D eigenvalue weighted by Crippen LogP contribution is -2.41. The van der Waals surface area contributed by atoms with Gasteiger partial charge < -0.3 is 15.3 Å². The van der Waals surface area contributed by atoms with Crippen LogP contribution in [0.2, 0.25) is 0 Å². The highest BCUT2D eigenvalue weighted by atomic mass is 19.1. The first kappa shape index (κ1) is 12.7. The molecule has 0 atom stereocenters. The average molecular weight is 252 g/mol. The molecule has 0 radical (unpaired) electrons. The first-order valence-corrected chi connectivity index (χ1v) is 6.07. The van der Waals surface area contributed by atoms with Crippen molar-refractivity contribution in [3.63, 3.8) is 0 Å². The van der Waals surface area contributed by atoms with E-state index in [2.05, 4.69) is 5.32 Å². The van der Waals surface area contributed by atoms with Crippen molar-refractivity contribution in [2.45, 2.75) is 25.8 Å². The van der Waals surface area contributed by atoms with Crippen molar-refractivity contribution in [2.75, 3.05) is 18.4 Å². The summed E-state index contributed by atoms with van der Waals surface area (Å²) in [5.74, 6) is -0.864. The second-order valence-electron chi connectivity index (χ2n) is 4.59. The number of carbonyl (C=O) groups excluding carboxylic acids is 1. The molecule has 2 rings (SSSR count). The molecule has 4 nitrogen and oxygen atoms in total. The predicted molar refractivity (Wildman–Crippen MR) is 67.0 cm³/mol. The molecule has 1 saturated heterocycles. The van der Waals surface area contributed by atoms with Crippen molar-refractivity contribution < 1.29 is 14.3 Å². The maximum Gasteiger partial charge on any atom is 0.219 e. The van der Waals surface area contributed by atoms with Crippen LogP contribution in [0.5, 0.6) is 5.75 Å². The quantitative estimate of drug-likeness (QED) is 0.791. The number of aromatic hydroxyl groups is 1. The Morgan fingerprint density at radius 1 is 1.44 bits per heavy atom. The SMILES string of the molecule is CC(=O)N1CCC(Nc2ccc(O)c(F)c2)CC1. The van der Waals surface area contributed by atoms with Crippen LogP contribution < -0.4 is 5.32 Å². The molecule has 1 aromatic carbocycles. The van der Waals surface area contributed by atoms with Crippen LogP contribution in [-0.2, 0) is 4.79 Å². The van der Waals surface area contributed by atoms with E-state index in [1.807, 2.05) is 4.90 Å². The number of piperidine rings is 1. The van der Waals surface area contributed by atoms with Gasteiger partial charge in [-0.3, -0.25) is 4.79 Å². The largest absolute Gasteiger partial charge is 0.505 e. The lowest BCUT2D eigenvalue weighted by Gasteiger charge is -2.32. The zero-order valence-corrected chi connectivity index (χ0v) is 10.3. The number of hydrogen-bond acceptors (Lipinski definition) is 3. The van der Waals surface area contributed by atoms with Crippen LogP contribution >= 0.6 is 0 Å². The van der Waals surface area contributed by atoms with E-state index in [0.29, 0.717) is 5.69 Å². The summed E-state index contributed by atoms with van der Waals surface area (Å²) in [6.45, 7) is 3.03. The van der Waals surface area contributed by atoms with E-state index in [9.17, 15) is 9.18 Å². The molecule has 0 unspecified atom stereocenters. The molecule has 5 heteroatoms. The first-order chi connectivity index (χ1) is 8.56. The Hall–Kier alpha value is -1.78. The van der Waals surface area contributed by atoms with Gasteiger partial charge in [0.25, 0.3) is 0 Å². The monoisotopic (exact) mass is 252 g/mol. The summed E-state index contributed by atoms with van der Waals surface area (Å²) in [5, 5.41) is 12.3. The van der Waals surface area contributed by atoms with Crippen LogP contribution in [0.15, 0.2) is 18.2 Å². The number of phenolic OH excluding ortho intramolecular Hbond substituents is 1. The molecule has 1 aliphatic rings. The van der Waals surface area contributed by atoms with E-state index in [-0.39, 0.29) is 17.7 Å². The van der Waals surface area contributed by atoms with E-state index in [1.54, 1.807) is 13.0 Å². The molecule has 0 bridgehead atoms. The van der Waals surface area contributed by atoms with Gasteiger partial charge in [0.05, 0.1) is 0 Å². The number of phenols is 1. The molecule has 0 saturated carbocycles. The molecule has 0 aromatic heterocycles. The molecule has 18 heavy (non-hydrogen) atoms. The highest BCUT2D eigenvalue weighted by Crippen LogP contribution is 2.22. The Labute approximate surface area is 105 Å². The third kappa shape index (κ3) is 2.91. The van der Waals surface area contributed by atoms with Crippen molar-refractivity contribution >= 4 is 11.6 Å². The number of halogens is 1. The summed E-state index contributed by atoms with van der Waals surface area (Å²) < 4.78 is 13.2. The fraction of sp³-hybridized carbons (Fsp3) is 0.462. The van der Waals surface area contributed by atoms with Gasteiger partial charge in [0.15, 0.2) is 11.6 Å². The third-order valence-electron chi connectivity index (χ3n) is 3.26. The van der Waals surface area contributed by atoms with Gasteiger partial charge >= 0.3 is 0 Å². The molecule has 1 fully saturated rings. The lowest BCUT2D eigenvalue weighted by atomic mass is 10.0. The lowest BCUT2D eigenvalue weighted by molar-refractivity contribution is -0.129. The second kappa shape index (κ2) is 5.25. The van der Waals surface area contributed by atoms with Gasteiger partial charge in [0.1, 0.15) is 0 Å². The number of likely N-dealkylation sites (tertiary alicyclic amines) is 1. The van der Waals surface area contributed by atoms with E-state index < -0.39 is 5.82 Å². The molecule has 1 amide bonds. The summed E-state index contributed by atoms with van der Waals surface area (Å²) in [4.78, 5) is 13.0. The summed E-state index contributed by atoms with van der Waals surface area (Å²) in [7, 11) is 0. The van der Waals surface area contributed by atoms with E-state index in [0.717, 1.165) is 25.9 Å². The van der Waals surface area contributed by atoms with Gasteiger partial charge in [0.2, 0.25) is 5.91 Å². The number of rotatable bonds is 2. The highest BCUT2D eigenvalue weighted by molar-refractivity contribution is 5.73. The number of benzene rings is 1. The van der Waals surface area contributed by atoms with Gasteiger partial charge in [0, 0.05) is 37.8 Å². The minimum absolute atomic E-state index is 0.101. The van der Waals surface area contributed by atoms with Crippen LogP contribution in [0.4, 0.5) is 10.1 Å². The standard InChI is InChI=1S/C13H17FN2O2/c1-9(17)16-6-4-10(5-7-16)15-11-2-3-13(18)12(14)8-11/h2-3,8,10,15,18H,4-7H2,1H3. The van der Waals surface area contributed by atoms with Gasteiger partial charge in [-0.1, -0.05) is 0 Å². The zero-order chi connectivity index (χ0) is 13.1. The minimum Gasteiger partial charge on any atom is -0.505 e. The fourth-order valence-corrected chi connectivity index (χ4v) is 2.17. The number of amides is 1. The molecule has 1 aliphatic heterocycles. The van der Waals surface area contributed by atoms with Crippen LogP contribution in [0, 0.1) is 5.82 Å². The predicted octanol–water partition coefficient (Wildman–Crippen LogP) is 1.95. The van der Waals surface area contributed by atoms with E-state index >= 15 is 0 Å². The van der Waals surface area contributed by atoms with Crippen LogP contribution in [0.3, 0.4) is 0 Å². The maximum absolute atomic E-state index is 13.2. The number of nitrogens with one attached hydrogen (secondary N) is 1. The molecular formula is C13H17FN2O2. The fourth-order valence-electron chi connectivity index (χ4n) is 2.17. The van der Waals surface area contributed by atoms with Crippen molar-refractivity contribution in [1.82, 2.24) is 4.90 Å². The van der Waals surface area contributed by atoms with Crippen LogP contribution in [0.25, 0.3) is 0 Å². The van der Waals surface area contributed by atoms with E-state index in [4.69, 9.17) is 5.11 Å². The maximum atomic E-state index is 13.2. The van der Waals surface area contributed by atoms with Crippen molar-refractivity contribution in [3.05, 3.63) is 24.0 Å². The smallest absolute Gasteiger partial charge is 0.219 e. The van der Waals surface area contributed by atoms with Crippen molar-refractivity contribution in [2.24, 2.45) is 0 Å².